The predicted molar refractivity (Wildman–Crippen MR) is 86.8 cm³/mol. The van der Waals surface area contributed by atoms with Gasteiger partial charge < -0.3 is 9.32 Å². The second-order valence-electron chi connectivity index (χ2n) is 5.07. The van der Waals surface area contributed by atoms with Crippen LogP contribution in [0.1, 0.15) is 21.2 Å². The van der Waals surface area contributed by atoms with E-state index in [9.17, 15) is 4.79 Å². The minimum absolute atomic E-state index is 0.0475. The van der Waals surface area contributed by atoms with Crippen LogP contribution in [-0.2, 0) is 6.54 Å². The van der Waals surface area contributed by atoms with Crippen LogP contribution in [0.5, 0.6) is 0 Å². The average molecular weight is 312 g/mol. The smallest absolute Gasteiger partial charge is 0.265 e. The van der Waals surface area contributed by atoms with Gasteiger partial charge in [-0.25, -0.2) is 4.98 Å². The molecule has 1 amide bonds. The average Bonchev–Trinajstić information content (AvgIpc) is 3.17. The van der Waals surface area contributed by atoms with Crippen molar-refractivity contribution < 1.29 is 9.21 Å². The number of furan rings is 1. The highest BCUT2D eigenvalue weighted by atomic mass is 32.1. The molecule has 0 aliphatic heterocycles. The van der Waals surface area contributed by atoms with Gasteiger partial charge in [0.15, 0.2) is 0 Å². The Morgan fingerprint density at radius 3 is 2.68 bits per heavy atom. The molecule has 2 aromatic heterocycles. The molecule has 22 heavy (non-hydrogen) atoms. The summed E-state index contributed by atoms with van der Waals surface area (Å²) >= 11 is 1.41. The minimum Gasteiger partial charge on any atom is -0.464 e. The van der Waals surface area contributed by atoms with Crippen molar-refractivity contribution in [2.24, 2.45) is 0 Å². The molecule has 4 nitrogen and oxygen atoms in total. The number of nitrogens with zero attached hydrogens (tertiary/aromatic N) is 2. The molecule has 1 aromatic carbocycles. The molecule has 0 spiro atoms. The molecule has 0 fully saturated rings. The van der Waals surface area contributed by atoms with Crippen molar-refractivity contribution in [2.45, 2.75) is 13.5 Å². The normalized spacial score (nSPS) is 10.6. The van der Waals surface area contributed by atoms with Crippen molar-refractivity contribution in [3.63, 3.8) is 0 Å². The molecule has 0 aliphatic rings. The summed E-state index contributed by atoms with van der Waals surface area (Å²) in [4.78, 5) is 19.1. The fourth-order valence-corrected chi connectivity index (χ4v) is 3.07. The Kier molecular flexibility index (Phi) is 4.06. The molecular weight excluding hydrogens is 296 g/mol. The van der Waals surface area contributed by atoms with E-state index in [0.29, 0.717) is 11.4 Å². The zero-order valence-electron chi connectivity index (χ0n) is 12.4. The number of aryl methyl sites for hydroxylation is 1. The van der Waals surface area contributed by atoms with Gasteiger partial charge in [0.1, 0.15) is 21.4 Å². The Balaban J connectivity index is 1.74. The van der Waals surface area contributed by atoms with E-state index in [2.05, 4.69) is 4.98 Å². The number of amides is 1. The number of aromatic nitrogens is 1. The summed E-state index contributed by atoms with van der Waals surface area (Å²) in [6.45, 7) is 2.34. The summed E-state index contributed by atoms with van der Waals surface area (Å²) in [5.74, 6) is 1.58. The number of benzene rings is 1. The van der Waals surface area contributed by atoms with E-state index in [1.807, 2.05) is 49.4 Å². The van der Waals surface area contributed by atoms with E-state index in [0.717, 1.165) is 22.1 Å². The SMILES string of the molecule is Cc1ccc(CN(C)C(=O)c2cnc(-c3ccccc3)s2)o1. The van der Waals surface area contributed by atoms with E-state index in [1.165, 1.54) is 11.3 Å². The third-order valence-electron chi connectivity index (χ3n) is 3.27. The third-order valence-corrected chi connectivity index (χ3v) is 4.31. The van der Waals surface area contributed by atoms with Crippen LogP contribution in [-0.4, -0.2) is 22.8 Å². The first-order chi connectivity index (χ1) is 10.6. The van der Waals surface area contributed by atoms with Crippen LogP contribution in [0.15, 0.2) is 53.1 Å². The molecular formula is C17H16N2O2S. The van der Waals surface area contributed by atoms with Crippen LogP contribution in [0.25, 0.3) is 10.6 Å². The second kappa shape index (κ2) is 6.15. The predicted octanol–water partition coefficient (Wildman–Crippen LogP) is 3.98. The Morgan fingerprint density at radius 1 is 1.23 bits per heavy atom. The summed E-state index contributed by atoms with van der Waals surface area (Å²) < 4.78 is 5.51. The molecule has 0 N–H and O–H groups in total. The van der Waals surface area contributed by atoms with Crippen molar-refractivity contribution in [2.75, 3.05) is 7.05 Å². The maximum Gasteiger partial charge on any atom is 0.265 e. The summed E-state index contributed by atoms with van der Waals surface area (Å²) in [6.07, 6.45) is 1.64. The van der Waals surface area contributed by atoms with Crippen LogP contribution >= 0.6 is 11.3 Å². The van der Waals surface area contributed by atoms with Crippen LogP contribution in [0, 0.1) is 6.92 Å². The molecule has 3 aromatic rings. The standard InChI is InChI=1S/C17H16N2O2S/c1-12-8-9-14(21-12)11-19(2)17(20)15-10-18-16(22-15)13-6-4-3-5-7-13/h3-10H,11H2,1-2H3. The maximum atomic E-state index is 12.5. The highest BCUT2D eigenvalue weighted by molar-refractivity contribution is 7.16. The monoisotopic (exact) mass is 312 g/mol. The fourth-order valence-electron chi connectivity index (χ4n) is 2.15. The quantitative estimate of drug-likeness (QED) is 0.732. The van der Waals surface area contributed by atoms with Crippen LogP contribution in [0.2, 0.25) is 0 Å². The molecule has 0 aliphatic carbocycles. The number of carbonyl (C=O) groups is 1. The van der Waals surface area contributed by atoms with Crippen LogP contribution < -0.4 is 0 Å². The first-order valence-electron chi connectivity index (χ1n) is 6.95. The summed E-state index contributed by atoms with van der Waals surface area (Å²) in [7, 11) is 1.77. The minimum atomic E-state index is -0.0475. The van der Waals surface area contributed by atoms with Gasteiger partial charge in [0.05, 0.1) is 12.7 Å². The molecule has 3 rings (SSSR count). The van der Waals surface area contributed by atoms with Crippen molar-refractivity contribution >= 4 is 17.2 Å². The van der Waals surface area contributed by atoms with Crippen LogP contribution in [0.4, 0.5) is 0 Å². The number of rotatable bonds is 4. The number of carbonyl (C=O) groups excluding carboxylic acids is 1. The van der Waals surface area contributed by atoms with Gasteiger partial charge >= 0.3 is 0 Å². The van der Waals surface area contributed by atoms with Crippen molar-refractivity contribution in [3.05, 3.63) is 65.1 Å². The van der Waals surface area contributed by atoms with Gasteiger partial charge in [-0.1, -0.05) is 30.3 Å². The van der Waals surface area contributed by atoms with Gasteiger partial charge in [0, 0.05) is 12.6 Å². The lowest BCUT2D eigenvalue weighted by Gasteiger charge is -2.14. The number of thiazole rings is 1. The first-order valence-corrected chi connectivity index (χ1v) is 7.77. The second-order valence-corrected chi connectivity index (χ2v) is 6.10. The number of hydrogen-bond donors (Lipinski definition) is 0. The fraction of sp³-hybridized carbons (Fsp3) is 0.176. The molecule has 0 unspecified atom stereocenters. The summed E-state index contributed by atoms with van der Waals surface area (Å²) in [6, 6.07) is 13.6. The maximum absolute atomic E-state index is 12.5. The Bertz CT molecular complexity index is 777. The van der Waals surface area contributed by atoms with E-state index >= 15 is 0 Å². The molecule has 0 radical (unpaired) electrons. The van der Waals surface area contributed by atoms with E-state index < -0.39 is 0 Å². The molecule has 2 heterocycles. The summed E-state index contributed by atoms with van der Waals surface area (Å²) in [5, 5.41) is 0.853. The van der Waals surface area contributed by atoms with Crippen molar-refractivity contribution in [3.8, 4) is 10.6 Å². The highest BCUT2D eigenvalue weighted by Gasteiger charge is 2.17. The zero-order chi connectivity index (χ0) is 15.5. The molecule has 0 atom stereocenters. The Hall–Kier alpha value is -2.40. The lowest BCUT2D eigenvalue weighted by molar-refractivity contribution is 0.0779. The van der Waals surface area contributed by atoms with Gasteiger partial charge in [0.25, 0.3) is 5.91 Å². The molecule has 112 valence electrons. The molecule has 5 heteroatoms. The topological polar surface area (TPSA) is 46.3 Å². The van der Waals surface area contributed by atoms with E-state index in [-0.39, 0.29) is 5.91 Å². The van der Waals surface area contributed by atoms with E-state index in [4.69, 9.17) is 4.42 Å². The Morgan fingerprint density at radius 2 is 2.00 bits per heavy atom. The van der Waals surface area contributed by atoms with Gasteiger partial charge in [0.2, 0.25) is 0 Å². The van der Waals surface area contributed by atoms with Crippen molar-refractivity contribution in [1.29, 1.82) is 0 Å². The lowest BCUT2D eigenvalue weighted by atomic mass is 10.2. The van der Waals surface area contributed by atoms with Gasteiger partial charge in [-0.2, -0.15) is 0 Å². The van der Waals surface area contributed by atoms with E-state index in [1.54, 1.807) is 18.1 Å². The van der Waals surface area contributed by atoms with Crippen molar-refractivity contribution in [1.82, 2.24) is 9.88 Å². The van der Waals surface area contributed by atoms with Gasteiger partial charge in [-0.15, -0.1) is 11.3 Å². The highest BCUT2D eigenvalue weighted by Crippen LogP contribution is 2.25. The van der Waals surface area contributed by atoms with Crippen LogP contribution in [0.3, 0.4) is 0 Å². The molecule has 0 saturated heterocycles. The van der Waals surface area contributed by atoms with Gasteiger partial charge in [-0.05, 0) is 19.1 Å². The molecule has 0 bridgehead atoms. The third kappa shape index (κ3) is 3.09. The number of hydrogen-bond acceptors (Lipinski definition) is 4. The summed E-state index contributed by atoms with van der Waals surface area (Å²) in [5.41, 5.74) is 1.02. The lowest BCUT2D eigenvalue weighted by Crippen LogP contribution is -2.25. The zero-order valence-corrected chi connectivity index (χ0v) is 13.3. The van der Waals surface area contributed by atoms with Gasteiger partial charge in [-0.3, -0.25) is 4.79 Å². The first kappa shape index (κ1) is 14.5. The molecule has 0 saturated carbocycles. The Labute approximate surface area is 133 Å². The largest absolute Gasteiger partial charge is 0.464 e.